The van der Waals surface area contributed by atoms with Gasteiger partial charge in [-0.1, -0.05) is 12.1 Å². The zero-order chi connectivity index (χ0) is 21.5. The number of aromatic amines is 1. The summed E-state index contributed by atoms with van der Waals surface area (Å²) in [6.07, 6.45) is 6.83. The summed E-state index contributed by atoms with van der Waals surface area (Å²) in [4.78, 5) is 47.9. The minimum Gasteiger partial charge on any atom is -0.331 e. The molecular weight excluding hydrogens is 396 g/mol. The first-order valence-corrected chi connectivity index (χ1v) is 10.0. The Morgan fingerprint density at radius 3 is 2.65 bits per heavy atom. The molecule has 0 atom stereocenters. The van der Waals surface area contributed by atoms with Crippen molar-refractivity contribution in [3.63, 3.8) is 0 Å². The maximum atomic E-state index is 12.7. The van der Waals surface area contributed by atoms with E-state index in [0.29, 0.717) is 17.9 Å². The van der Waals surface area contributed by atoms with Gasteiger partial charge in [0.2, 0.25) is 0 Å². The third-order valence-corrected chi connectivity index (χ3v) is 5.44. The lowest BCUT2D eigenvalue weighted by molar-refractivity contribution is 0.102. The minimum atomic E-state index is -0.543. The van der Waals surface area contributed by atoms with E-state index in [-0.39, 0.29) is 22.9 Å². The van der Waals surface area contributed by atoms with Gasteiger partial charge < -0.3 is 9.88 Å². The lowest BCUT2D eigenvalue weighted by atomic mass is 10.2. The molecule has 1 aromatic carbocycles. The number of rotatable bonds is 5. The van der Waals surface area contributed by atoms with Gasteiger partial charge in [-0.25, -0.2) is 14.8 Å². The second kappa shape index (κ2) is 7.35. The van der Waals surface area contributed by atoms with Gasteiger partial charge in [-0.15, -0.1) is 0 Å². The molecule has 1 aliphatic rings. The van der Waals surface area contributed by atoms with E-state index in [1.54, 1.807) is 6.20 Å². The van der Waals surface area contributed by atoms with Crippen molar-refractivity contribution < 1.29 is 4.79 Å². The Kier molecular flexibility index (Phi) is 4.50. The number of hydrogen-bond acceptors (Lipinski definition) is 5. The fourth-order valence-electron chi connectivity index (χ4n) is 3.60. The number of fused-ring (bicyclic) bond motifs is 1. The molecule has 0 bridgehead atoms. The standard InChI is InChI=1S/C22H20N6O3/c1-13-23-8-9-27(13)12-14-2-4-16(5-3-14)25-20(29)15-10-18-19(24-11-15)28(17-6-7-17)22(31)26-21(18)30/h2-5,8-11,17H,6-7,12H2,1H3,(H,25,29)(H,26,30,31). The van der Waals surface area contributed by atoms with E-state index in [1.165, 1.54) is 16.8 Å². The van der Waals surface area contributed by atoms with Crippen LogP contribution < -0.4 is 16.6 Å². The quantitative estimate of drug-likeness (QED) is 0.518. The van der Waals surface area contributed by atoms with Gasteiger partial charge in [0.15, 0.2) is 0 Å². The number of amides is 1. The Bertz CT molecular complexity index is 1410. The van der Waals surface area contributed by atoms with Gasteiger partial charge >= 0.3 is 5.69 Å². The van der Waals surface area contributed by atoms with Crippen molar-refractivity contribution in [1.82, 2.24) is 24.1 Å². The Labute approximate surface area is 176 Å². The van der Waals surface area contributed by atoms with Gasteiger partial charge in [-0.2, -0.15) is 0 Å². The highest BCUT2D eigenvalue weighted by Crippen LogP contribution is 2.34. The zero-order valence-corrected chi connectivity index (χ0v) is 16.8. The first kappa shape index (κ1) is 19.0. The van der Waals surface area contributed by atoms with Crippen LogP contribution in [-0.4, -0.2) is 30.0 Å². The smallest absolute Gasteiger partial charge is 0.330 e. The Hall–Kier alpha value is -4.01. The molecule has 2 N–H and O–H groups in total. The maximum absolute atomic E-state index is 12.7. The lowest BCUT2D eigenvalue weighted by Gasteiger charge is -2.10. The van der Waals surface area contributed by atoms with Gasteiger partial charge in [0.05, 0.1) is 10.9 Å². The first-order valence-electron chi connectivity index (χ1n) is 10.0. The molecule has 9 nitrogen and oxygen atoms in total. The predicted octanol–water partition coefficient (Wildman–Crippen LogP) is 2.23. The second-order valence-corrected chi connectivity index (χ2v) is 7.71. The number of nitrogens with zero attached hydrogens (tertiary/aromatic N) is 4. The molecule has 1 aliphatic carbocycles. The highest BCUT2D eigenvalue weighted by Gasteiger charge is 2.27. The number of carbonyl (C=O) groups excluding carboxylic acids is 1. The molecular formula is C22H20N6O3. The molecule has 9 heteroatoms. The van der Waals surface area contributed by atoms with Crippen molar-refractivity contribution in [1.29, 1.82) is 0 Å². The predicted molar refractivity (Wildman–Crippen MR) is 115 cm³/mol. The number of benzene rings is 1. The third kappa shape index (κ3) is 3.65. The molecule has 0 unspecified atom stereocenters. The summed E-state index contributed by atoms with van der Waals surface area (Å²) < 4.78 is 3.53. The van der Waals surface area contributed by atoms with Crippen molar-refractivity contribution in [3.05, 3.63) is 86.7 Å². The maximum Gasteiger partial charge on any atom is 0.330 e. The van der Waals surface area contributed by atoms with Crippen LogP contribution in [0.4, 0.5) is 5.69 Å². The van der Waals surface area contributed by atoms with E-state index in [9.17, 15) is 14.4 Å². The molecule has 1 saturated carbocycles. The molecule has 0 saturated heterocycles. The summed E-state index contributed by atoms with van der Waals surface area (Å²) in [7, 11) is 0. The third-order valence-electron chi connectivity index (χ3n) is 5.44. The van der Waals surface area contributed by atoms with Crippen LogP contribution in [0.15, 0.2) is 58.5 Å². The highest BCUT2D eigenvalue weighted by atomic mass is 16.2. The number of anilines is 1. The van der Waals surface area contributed by atoms with E-state index in [0.717, 1.165) is 24.2 Å². The molecule has 4 aromatic rings. The van der Waals surface area contributed by atoms with Crippen LogP contribution >= 0.6 is 0 Å². The van der Waals surface area contributed by atoms with E-state index < -0.39 is 11.2 Å². The summed E-state index contributed by atoms with van der Waals surface area (Å²) in [5, 5.41) is 3.05. The number of nitrogens with one attached hydrogen (secondary N) is 2. The SMILES string of the molecule is Cc1nccn1Cc1ccc(NC(=O)c2cnc3c(c2)c(=O)[nH]c(=O)n3C2CC2)cc1. The molecule has 3 aromatic heterocycles. The topological polar surface area (TPSA) is 115 Å². The molecule has 31 heavy (non-hydrogen) atoms. The summed E-state index contributed by atoms with van der Waals surface area (Å²) >= 11 is 0. The largest absolute Gasteiger partial charge is 0.331 e. The average Bonchev–Trinajstić information content (AvgIpc) is 3.51. The number of carbonyl (C=O) groups is 1. The van der Waals surface area contributed by atoms with Crippen LogP contribution in [0.5, 0.6) is 0 Å². The summed E-state index contributed by atoms with van der Waals surface area (Å²) in [5.41, 5.74) is 1.27. The Morgan fingerprint density at radius 2 is 1.97 bits per heavy atom. The molecule has 5 rings (SSSR count). The van der Waals surface area contributed by atoms with Crippen molar-refractivity contribution in [2.45, 2.75) is 32.4 Å². The van der Waals surface area contributed by atoms with Crippen molar-refractivity contribution in [2.24, 2.45) is 0 Å². The number of imidazole rings is 1. The minimum absolute atomic E-state index is 0.0589. The van der Waals surface area contributed by atoms with E-state index in [1.807, 2.05) is 42.0 Å². The number of aryl methyl sites for hydroxylation is 1. The fraction of sp³-hybridized carbons (Fsp3) is 0.227. The van der Waals surface area contributed by atoms with Gasteiger partial charge in [0.1, 0.15) is 11.5 Å². The van der Waals surface area contributed by atoms with Crippen molar-refractivity contribution in [2.75, 3.05) is 5.32 Å². The van der Waals surface area contributed by atoms with Gasteiger partial charge in [0.25, 0.3) is 11.5 Å². The number of pyridine rings is 1. The van der Waals surface area contributed by atoms with E-state index in [2.05, 4.69) is 20.3 Å². The summed E-state index contributed by atoms with van der Waals surface area (Å²) in [6.45, 7) is 2.64. The Morgan fingerprint density at radius 1 is 1.19 bits per heavy atom. The number of H-pyrrole nitrogens is 1. The molecule has 1 amide bonds. The van der Waals surface area contributed by atoms with Crippen LogP contribution in [0.3, 0.4) is 0 Å². The average molecular weight is 416 g/mol. The second-order valence-electron chi connectivity index (χ2n) is 7.71. The first-order chi connectivity index (χ1) is 15.0. The van der Waals surface area contributed by atoms with Gasteiger partial charge in [-0.05, 0) is 43.5 Å². The van der Waals surface area contributed by atoms with Crippen LogP contribution in [0.25, 0.3) is 11.0 Å². The summed E-state index contributed by atoms with van der Waals surface area (Å²) in [5.74, 6) is 0.555. The lowest BCUT2D eigenvalue weighted by Crippen LogP contribution is -2.30. The van der Waals surface area contributed by atoms with Crippen molar-refractivity contribution >= 4 is 22.6 Å². The summed E-state index contributed by atoms with van der Waals surface area (Å²) in [6, 6.07) is 9.06. The number of aromatic nitrogens is 5. The molecule has 0 radical (unpaired) electrons. The van der Waals surface area contributed by atoms with E-state index in [4.69, 9.17) is 0 Å². The van der Waals surface area contributed by atoms with Crippen LogP contribution in [0, 0.1) is 6.92 Å². The molecule has 1 fully saturated rings. The van der Waals surface area contributed by atoms with E-state index >= 15 is 0 Å². The van der Waals surface area contributed by atoms with Crippen LogP contribution in [-0.2, 0) is 6.54 Å². The normalized spacial score (nSPS) is 13.5. The van der Waals surface area contributed by atoms with Crippen LogP contribution in [0.2, 0.25) is 0 Å². The molecule has 3 heterocycles. The fourth-order valence-corrected chi connectivity index (χ4v) is 3.60. The van der Waals surface area contributed by atoms with Crippen LogP contribution in [0.1, 0.15) is 40.6 Å². The molecule has 0 aliphatic heterocycles. The Balaban J connectivity index is 1.37. The number of hydrogen-bond donors (Lipinski definition) is 2. The van der Waals surface area contributed by atoms with Gasteiger partial charge in [0, 0.05) is 36.9 Å². The van der Waals surface area contributed by atoms with Gasteiger partial charge in [-0.3, -0.25) is 19.1 Å². The monoisotopic (exact) mass is 416 g/mol. The molecule has 0 spiro atoms. The highest BCUT2D eigenvalue weighted by molar-refractivity contribution is 6.05. The molecule has 156 valence electrons. The van der Waals surface area contributed by atoms with Crippen molar-refractivity contribution in [3.8, 4) is 0 Å². The zero-order valence-electron chi connectivity index (χ0n) is 16.8.